The van der Waals surface area contributed by atoms with E-state index in [1.165, 1.54) is 64.0 Å². The molecule has 0 aliphatic carbocycles. The van der Waals surface area contributed by atoms with Crippen LogP contribution in [0.1, 0.15) is 72.8 Å². The highest BCUT2D eigenvalue weighted by atomic mass is 16.5. The average molecular weight is 405 g/mol. The van der Waals surface area contributed by atoms with Gasteiger partial charge in [0, 0.05) is 13.1 Å². The van der Waals surface area contributed by atoms with Gasteiger partial charge in [-0.05, 0) is 87.3 Å². The molecule has 3 heteroatoms. The minimum Gasteiger partial charge on any atom is -0.497 e. The second-order valence-electron chi connectivity index (χ2n) is 8.45. The molecule has 0 bridgehead atoms. The van der Waals surface area contributed by atoms with Crippen LogP contribution < -0.4 is 4.74 Å². The molecule has 0 N–H and O–H groups in total. The molecule has 0 radical (unpaired) electrons. The lowest BCUT2D eigenvalue weighted by molar-refractivity contribution is 0.105. The number of hydrogen-bond acceptors (Lipinski definition) is 3. The van der Waals surface area contributed by atoms with Crippen LogP contribution in [0.15, 0.2) is 24.3 Å². The van der Waals surface area contributed by atoms with Crippen molar-refractivity contribution in [1.29, 1.82) is 0 Å². The van der Waals surface area contributed by atoms with Crippen molar-refractivity contribution in [2.75, 3.05) is 39.8 Å². The van der Waals surface area contributed by atoms with Crippen LogP contribution in [0.5, 0.6) is 5.75 Å². The van der Waals surface area contributed by atoms with E-state index in [-0.39, 0.29) is 0 Å². The predicted octanol–water partition coefficient (Wildman–Crippen LogP) is 6.33. The molecule has 2 saturated heterocycles. The molecule has 0 amide bonds. The first kappa shape index (κ1) is 26.0. The topological polar surface area (TPSA) is 15.7 Å². The molecule has 0 unspecified atom stereocenters. The number of nitrogens with zero attached hydrogens (tertiary/aromatic N) is 2. The Balaban J connectivity index is 0.000000989. The zero-order valence-electron chi connectivity index (χ0n) is 20.4. The Morgan fingerprint density at radius 2 is 1.34 bits per heavy atom. The summed E-state index contributed by atoms with van der Waals surface area (Å²) in [6, 6.07) is 8.54. The molecule has 1 aromatic rings. The van der Waals surface area contributed by atoms with Crippen LogP contribution in [-0.4, -0.2) is 49.6 Å². The van der Waals surface area contributed by atoms with Gasteiger partial charge in [0.25, 0.3) is 0 Å². The van der Waals surface area contributed by atoms with E-state index < -0.39 is 0 Å². The summed E-state index contributed by atoms with van der Waals surface area (Å²) in [4.78, 5) is 5.35. The van der Waals surface area contributed by atoms with E-state index in [0.29, 0.717) is 0 Å². The maximum Gasteiger partial charge on any atom is 0.118 e. The van der Waals surface area contributed by atoms with E-state index in [9.17, 15) is 0 Å². The van der Waals surface area contributed by atoms with Crippen LogP contribution in [0.3, 0.4) is 0 Å². The Kier molecular flexibility index (Phi) is 13.3. The van der Waals surface area contributed by atoms with Gasteiger partial charge in [0.2, 0.25) is 0 Å². The maximum absolute atomic E-state index is 5.25. The summed E-state index contributed by atoms with van der Waals surface area (Å²) < 4.78 is 5.25. The smallest absolute Gasteiger partial charge is 0.118 e. The third kappa shape index (κ3) is 9.09. The van der Waals surface area contributed by atoms with Gasteiger partial charge in [0.15, 0.2) is 0 Å². The molecule has 0 aromatic heterocycles. The largest absolute Gasteiger partial charge is 0.497 e. The Bertz CT molecular complexity index is 498. The molecular weight excluding hydrogens is 356 g/mol. The van der Waals surface area contributed by atoms with Crippen LogP contribution in [0, 0.1) is 17.8 Å². The number of benzene rings is 1. The predicted molar refractivity (Wildman–Crippen MR) is 128 cm³/mol. The van der Waals surface area contributed by atoms with Gasteiger partial charge in [-0.15, -0.1) is 0 Å². The summed E-state index contributed by atoms with van der Waals surface area (Å²) in [5.74, 6) is 3.68. The van der Waals surface area contributed by atoms with E-state index >= 15 is 0 Å². The van der Waals surface area contributed by atoms with Crippen molar-refractivity contribution in [1.82, 2.24) is 9.80 Å². The standard InChI is InChI=1S/C22H36N2O.2C2H6/c1-18(2)21-10-14-24(15-11-21)17-20-8-12-23(13-9-20)16-19-4-6-22(25-3)7-5-19;2*1-2/h4-7,18,20-21H,8-17H2,1-3H3;2*1-2H3. The second kappa shape index (κ2) is 14.8. The quantitative estimate of drug-likeness (QED) is 0.551. The van der Waals surface area contributed by atoms with Crippen LogP contribution in [-0.2, 0) is 6.54 Å². The molecule has 168 valence electrons. The third-order valence-corrected chi connectivity index (χ3v) is 6.36. The van der Waals surface area contributed by atoms with Gasteiger partial charge in [0.1, 0.15) is 5.75 Å². The monoisotopic (exact) mass is 404 g/mol. The van der Waals surface area contributed by atoms with Gasteiger partial charge in [-0.25, -0.2) is 0 Å². The Morgan fingerprint density at radius 3 is 1.83 bits per heavy atom. The highest BCUT2D eigenvalue weighted by Crippen LogP contribution is 2.27. The van der Waals surface area contributed by atoms with E-state index in [2.05, 4.69) is 47.9 Å². The molecule has 2 heterocycles. The van der Waals surface area contributed by atoms with Crippen LogP contribution in [0.2, 0.25) is 0 Å². The molecule has 2 aliphatic rings. The zero-order chi connectivity index (χ0) is 21.6. The Morgan fingerprint density at radius 1 is 0.828 bits per heavy atom. The first-order chi connectivity index (χ1) is 14.1. The Labute approximate surface area is 181 Å². The van der Waals surface area contributed by atoms with Crippen molar-refractivity contribution in [3.05, 3.63) is 29.8 Å². The summed E-state index contributed by atoms with van der Waals surface area (Å²) in [6.45, 7) is 20.3. The minimum absolute atomic E-state index is 0.864. The van der Waals surface area contributed by atoms with Crippen LogP contribution >= 0.6 is 0 Å². The van der Waals surface area contributed by atoms with E-state index in [1.807, 2.05) is 27.7 Å². The lowest BCUT2D eigenvalue weighted by Gasteiger charge is -2.38. The number of rotatable bonds is 6. The molecule has 0 spiro atoms. The van der Waals surface area contributed by atoms with Crippen molar-refractivity contribution < 1.29 is 4.74 Å². The summed E-state index contributed by atoms with van der Waals surface area (Å²) >= 11 is 0. The first-order valence-electron chi connectivity index (χ1n) is 12.2. The number of hydrogen-bond donors (Lipinski definition) is 0. The average Bonchev–Trinajstić information content (AvgIpc) is 2.79. The molecule has 3 nitrogen and oxygen atoms in total. The normalized spacial score (nSPS) is 19.2. The zero-order valence-corrected chi connectivity index (χ0v) is 20.4. The van der Waals surface area contributed by atoms with Crippen molar-refractivity contribution >= 4 is 0 Å². The van der Waals surface area contributed by atoms with E-state index in [4.69, 9.17) is 4.74 Å². The number of piperidine rings is 2. The summed E-state index contributed by atoms with van der Waals surface area (Å²) in [6.07, 6.45) is 5.54. The minimum atomic E-state index is 0.864. The van der Waals surface area contributed by atoms with E-state index in [0.717, 1.165) is 30.0 Å². The number of methoxy groups -OCH3 is 1. The highest BCUT2D eigenvalue weighted by molar-refractivity contribution is 5.27. The molecule has 2 aliphatic heterocycles. The molecule has 3 rings (SSSR count). The maximum atomic E-state index is 5.25. The fraction of sp³-hybridized carbons (Fsp3) is 0.769. The molecule has 1 aromatic carbocycles. The van der Waals surface area contributed by atoms with Gasteiger partial charge in [-0.1, -0.05) is 53.7 Å². The number of ether oxygens (including phenoxy) is 1. The number of likely N-dealkylation sites (tertiary alicyclic amines) is 2. The lowest BCUT2D eigenvalue weighted by Crippen LogP contribution is -2.41. The van der Waals surface area contributed by atoms with Crippen LogP contribution in [0.25, 0.3) is 0 Å². The molecule has 0 atom stereocenters. The Hall–Kier alpha value is -1.06. The summed E-state index contributed by atoms with van der Waals surface area (Å²) in [5.41, 5.74) is 1.40. The van der Waals surface area contributed by atoms with Crippen molar-refractivity contribution in [3.63, 3.8) is 0 Å². The summed E-state index contributed by atoms with van der Waals surface area (Å²) in [5, 5.41) is 0. The second-order valence-corrected chi connectivity index (χ2v) is 8.45. The molecule has 2 fully saturated rings. The van der Waals surface area contributed by atoms with Crippen molar-refractivity contribution in [3.8, 4) is 5.75 Å². The summed E-state index contributed by atoms with van der Waals surface area (Å²) in [7, 11) is 1.73. The van der Waals surface area contributed by atoms with Gasteiger partial charge in [0.05, 0.1) is 7.11 Å². The molecular formula is C26H48N2O. The van der Waals surface area contributed by atoms with E-state index in [1.54, 1.807) is 7.11 Å². The SMILES string of the molecule is CC.CC.COc1ccc(CN2CCC(CN3CCC(C(C)C)CC3)CC2)cc1. The van der Waals surface area contributed by atoms with Crippen LogP contribution in [0.4, 0.5) is 0 Å². The lowest BCUT2D eigenvalue weighted by atomic mass is 9.86. The fourth-order valence-electron chi connectivity index (χ4n) is 4.48. The highest BCUT2D eigenvalue weighted by Gasteiger charge is 2.25. The first-order valence-corrected chi connectivity index (χ1v) is 12.2. The van der Waals surface area contributed by atoms with Gasteiger partial charge in [-0.2, -0.15) is 0 Å². The van der Waals surface area contributed by atoms with Gasteiger partial charge < -0.3 is 9.64 Å². The van der Waals surface area contributed by atoms with Gasteiger partial charge in [-0.3, -0.25) is 4.90 Å². The third-order valence-electron chi connectivity index (χ3n) is 6.36. The van der Waals surface area contributed by atoms with Crippen molar-refractivity contribution in [2.24, 2.45) is 17.8 Å². The molecule has 0 saturated carbocycles. The van der Waals surface area contributed by atoms with Gasteiger partial charge >= 0.3 is 0 Å². The molecule has 29 heavy (non-hydrogen) atoms. The fourth-order valence-corrected chi connectivity index (χ4v) is 4.48. The van der Waals surface area contributed by atoms with Crippen molar-refractivity contribution in [2.45, 2.75) is 73.8 Å².